The number of allylic oxidation sites excluding steroid dienone is 2. The zero-order chi connectivity index (χ0) is 10.3. The van der Waals surface area contributed by atoms with Gasteiger partial charge in [-0.05, 0) is 38.6 Å². The van der Waals surface area contributed by atoms with Crippen molar-refractivity contribution >= 4 is 0 Å². The molecule has 76 valence electrons. The second kappa shape index (κ2) is 5.98. The first-order chi connectivity index (χ1) is 6.08. The van der Waals surface area contributed by atoms with Gasteiger partial charge in [-0.15, -0.1) is 13.2 Å². The first-order valence-corrected chi connectivity index (χ1v) is 4.97. The third-order valence-electron chi connectivity index (χ3n) is 2.57. The van der Waals surface area contributed by atoms with E-state index in [4.69, 9.17) is 0 Å². The van der Waals surface area contributed by atoms with E-state index in [0.717, 1.165) is 12.8 Å². The molecule has 0 saturated heterocycles. The van der Waals surface area contributed by atoms with Crippen molar-refractivity contribution in [1.82, 2.24) is 5.32 Å². The molecule has 0 aliphatic carbocycles. The predicted molar refractivity (Wildman–Crippen MR) is 60.9 cm³/mol. The second-order valence-electron chi connectivity index (χ2n) is 4.19. The van der Waals surface area contributed by atoms with Crippen LogP contribution in [-0.2, 0) is 0 Å². The van der Waals surface area contributed by atoms with Crippen LogP contribution in [0, 0.1) is 5.41 Å². The van der Waals surface area contributed by atoms with Crippen LogP contribution in [0.25, 0.3) is 0 Å². The van der Waals surface area contributed by atoms with Gasteiger partial charge in [0.1, 0.15) is 0 Å². The fraction of sp³-hybridized carbons (Fsp3) is 0.667. The number of nitrogens with one attached hydrogen (secondary N) is 1. The van der Waals surface area contributed by atoms with Gasteiger partial charge in [0.15, 0.2) is 0 Å². The molecule has 0 amide bonds. The van der Waals surface area contributed by atoms with Gasteiger partial charge in [0.2, 0.25) is 0 Å². The Morgan fingerprint density at radius 3 is 2.08 bits per heavy atom. The number of rotatable bonds is 7. The Bertz CT molecular complexity index is 151. The van der Waals surface area contributed by atoms with Crippen LogP contribution in [0.3, 0.4) is 0 Å². The van der Waals surface area contributed by atoms with Crippen LogP contribution in [-0.4, -0.2) is 13.1 Å². The molecule has 0 aromatic rings. The van der Waals surface area contributed by atoms with Gasteiger partial charge in [-0.1, -0.05) is 19.1 Å². The molecule has 0 heterocycles. The second-order valence-corrected chi connectivity index (χ2v) is 4.19. The lowest BCUT2D eigenvalue weighted by atomic mass is 9.78. The fourth-order valence-electron chi connectivity index (χ4n) is 1.79. The minimum absolute atomic E-state index is 0.325. The summed E-state index contributed by atoms with van der Waals surface area (Å²) in [5.41, 5.74) is 0.325. The summed E-state index contributed by atoms with van der Waals surface area (Å²) in [5, 5.41) is 3.27. The van der Waals surface area contributed by atoms with E-state index in [-0.39, 0.29) is 0 Å². The van der Waals surface area contributed by atoms with Gasteiger partial charge in [-0.25, -0.2) is 0 Å². The van der Waals surface area contributed by atoms with Crippen LogP contribution in [0.1, 0.15) is 33.1 Å². The standard InChI is InChI=1S/C12H23N/c1-6-8-12(4,9-7-2)10-11(3)13-5/h6-7,11,13H,1-2,8-10H2,3-5H3. The SMILES string of the molecule is C=CCC(C)(CC=C)CC(C)NC. The van der Waals surface area contributed by atoms with E-state index in [2.05, 4.69) is 32.3 Å². The average Bonchev–Trinajstić information content (AvgIpc) is 2.04. The van der Waals surface area contributed by atoms with Gasteiger partial charge in [0, 0.05) is 6.04 Å². The molecule has 1 unspecified atom stereocenters. The highest BCUT2D eigenvalue weighted by Gasteiger charge is 2.23. The van der Waals surface area contributed by atoms with Gasteiger partial charge < -0.3 is 5.32 Å². The summed E-state index contributed by atoms with van der Waals surface area (Å²) in [5.74, 6) is 0. The van der Waals surface area contributed by atoms with E-state index in [9.17, 15) is 0 Å². The highest BCUT2D eigenvalue weighted by Crippen LogP contribution is 2.32. The maximum absolute atomic E-state index is 3.81. The molecule has 1 nitrogen and oxygen atoms in total. The molecular formula is C12H23N. The lowest BCUT2D eigenvalue weighted by molar-refractivity contribution is 0.270. The molecule has 0 rings (SSSR count). The van der Waals surface area contributed by atoms with E-state index < -0.39 is 0 Å². The van der Waals surface area contributed by atoms with Gasteiger partial charge >= 0.3 is 0 Å². The van der Waals surface area contributed by atoms with E-state index in [0.29, 0.717) is 11.5 Å². The first-order valence-electron chi connectivity index (χ1n) is 4.97. The Kier molecular flexibility index (Phi) is 5.72. The highest BCUT2D eigenvalue weighted by molar-refractivity contribution is 4.90. The van der Waals surface area contributed by atoms with E-state index in [1.54, 1.807) is 0 Å². The summed E-state index contributed by atoms with van der Waals surface area (Å²) in [6.45, 7) is 12.1. The molecule has 13 heavy (non-hydrogen) atoms. The molecule has 1 heteroatoms. The minimum Gasteiger partial charge on any atom is -0.317 e. The largest absolute Gasteiger partial charge is 0.317 e. The molecule has 0 spiro atoms. The van der Waals surface area contributed by atoms with Gasteiger partial charge in [0.25, 0.3) is 0 Å². The van der Waals surface area contributed by atoms with Crippen LogP contribution >= 0.6 is 0 Å². The average molecular weight is 181 g/mol. The maximum atomic E-state index is 3.81. The summed E-state index contributed by atoms with van der Waals surface area (Å²) in [6, 6.07) is 0.560. The molecule has 0 aliphatic rings. The van der Waals surface area contributed by atoms with Gasteiger partial charge in [0.05, 0.1) is 0 Å². The topological polar surface area (TPSA) is 12.0 Å². The van der Waals surface area contributed by atoms with Crippen molar-refractivity contribution in [2.24, 2.45) is 5.41 Å². The van der Waals surface area contributed by atoms with Crippen molar-refractivity contribution in [3.8, 4) is 0 Å². The van der Waals surface area contributed by atoms with Crippen molar-refractivity contribution in [3.05, 3.63) is 25.3 Å². The predicted octanol–water partition coefficient (Wildman–Crippen LogP) is 3.14. The smallest absolute Gasteiger partial charge is 0.00411 e. The highest BCUT2D eigenvalue weighted by atomic mass is 14.9. The molecule has 0 bridgehead atoms. The molecule has 0 aliphatic heterocycles. The Balaban J connectivity index is 4.20. The van der Waals surface area contributed by atoms with Crippen LogP contribution in [0.4, 0.5) is 0 Å². The zero-order valence-electron chi connectivity index (χ0n) is 9.27. The summed E-state index contributed by atoms with van der Waals surface area (Å²) < 4.78 is 0. The Morgan fingerprint density at radius 1 is 1.31 bits per heavy atom. The summed E-state index contributed by atoms with van der Waals surface area (Å²) in [7, 11) is 2.01. The lowest BCUT2D eigenvalue weighted by Gasteiger charge is -2.30. The molecule has 0 aromatic heterocycles. The zero-order valence-corrected chi connectivity index (χ0v) is 9.27. The van der Waals surface area contributed by atoms with Gasteiger partial charge in [-0.2, -0.15) is 0 Å². The third kappa shape index (κ3) is 4.89. The van der Waals surface area contributed by atoms with Crippen molar-refractivity contribution in [1.29, 1.82) is 0 Å². The van der Waals surface area contributed by atoms with Crippen LogP contribution < -0.4 is 5.32 Å². The van der Waals surface area contributed by atoms with Crippen LogP contribution in [0.2, 0.25) is 0 Å². The minimum atomic E-state index is 0.325. The molecule has 0 saturated carbocycles. The normalized spacial score (nSPS) is 13.8. The molecule has 1 atom stereocenters. The van der Waals surface area contributed by atoms with Crippen molar-refractivity contribution in [2.45, 2.75) is 39.2 Å². The van der Waals surface area contributed by atoms with E-state index >= 15 is 0 Å². The number of hydrogen-bond donors (Lipinski definition) is 1. The first kappa shape index (κ1) is 12.4. The maximum Gasteiger partial charge on any atom is 0.00411 e. The summed E-state index contributed by atoms with van der Waals surface area (Å²) >= 11 is 0. The van der Waals surface area contributed by atoms with Crippen LogP contribution in [0.5, 0.6) is 0 Å². The van der Waals surface area contributed by atoms with E-state index in [1.807, 2.05) is 19.2 Å². The van der Waals surface area contributed by atoms with Crippen molar-refractivity contribution < 1.29 is 0 Å². The number of hydrogen-bond acceptors (Lipinski definition) is 1. The quantitative estimate of drug-likeness (QED) is 0.595. The monoisotopic (exact) mass is 181 g/mol. The van der Waals surface area contributed by atoms with Crippen molar-refractivity contribution in [3.63, 3.8) is 0 Å². The Hall–Kier alpha value is -0.560. The molecule has 0 radical (unpaired) electrons. The molecule has 0 fully saturated rings. The Labute approximate surface area is 82.9 Å². The Morgan fingerprint density at radius 2 is 1.77 bits per heavy atom. The molecule has 1 N–H and O–H groups in total. The summed E-state index contributed by atoms with van der Waals surface area (Å²) in [6.07, 6.45) is 7.30. The molecular weight excluding hydrogens is 158 g/mol. The van der Waals surface area contributed by atoms with E-state index in [1.165, 1.54) is 6.42 Å². The van der Waals surface area contributed by atoms with Gasteiger partial charge in [-0.3, -0.25) is 0 Å². The summed E-state index contributed by atoms with van der Waals surface area (Å²) in [4.78, 5) is 0. The third-order valence-corrected chi connectivity index (χ3v) is 2.57. The molecule has 0 aromatic carbocycles. The van der Waals surface area contributed by atoms with Crippen LogP contribution in [0.15, 0.2) is 25.3 Å². The fourth-order valence-corrected chi connectivity index (χ4v) is 1.79. The lowest BCUT2D eigenvalue weighted by Crippen LogP contribution is -2.29. The van der Waals surface area contributed by atoms with Crippen molar-refractivity contribution in [2.75, 3.05) is 7.05 Å².